The highest BCUT2D eigenvalue weighted by atomic mass is 16.2. The molecule has 0 aliphatic carbocycles. The van der Waals surface area contributed by atoms with E-state index in [4.69, 9.17) is 0 Å². The van der Waals surface area contributed by atoms with Gasteiger partial charge in [0.1, 0.15) is 0 Å². The summed E-state index contributed by atoms with van der Waals surface area (Å²) in [6, 6.07) is 13.6. The number of carbonyl (C=O) groups excluding carboxylic acids is 1. The van der Waals surface area contributed by atoms with Crippen molar-refractivity contribution in [2.45, 2.75) is 0 Å². The van der Waals surface area contributed by atoms with Crippen LogP contribution in [-0.4, -0.2) is 95.1 Å². The van der Waals surface area contributed by atoms with E-state index in [2.05, 4.69) is 43.1 Å². The standard InChI is InChI=1S/C23H28N8O/c1-27-10-12-28(13-11-27)21-6-7-22(26-25-21)29-14-16-30(17-15-29)23(32)19-4-2-5-20(18-19)31-9-3-8-24-31/h2-9,18H,10-17H2,1H3. The second-order valence-corrected chi connectivity index (χ2v) is 8.32. The molecule has 0 saturated carbocycles. The quantitative estimate of drug-likeness (QED) is 0.617. The monoisotopic (exact) mass is 432 g/mol. The number of hydrogen-bond acceptors (Lipinski definition) is 7. The van der Waals surface area contributed by atoms with Gasteiger partial charge in [-0.25, -0.2) is 4.68 Å². The summed E-state index contributed by atoms with van der Waals surface area (Å²) >= 11 is 0. The molecule has 0 radical (unpaired) electrons. The van der Waals surface area contributed by atoms with E-state index in [1.165, 1.54) is 0 Å². The molecule has 5 rings (SSSR count). The van der Waals surface area contributed by atoms with Crippen molar-refractivity contribution in [1.29, 1.82) is 0 Å². The molecule has 0 bridgehead atoms. The zero-order valence-electron chi connectivity index (χ0n) is 18.3. The first-order chi connectivity index (χ1) is 15.7. The summed E-state index contributed by atoms with van der Waals surface area (Å²) < 4.78 is 1.76. The molecule has 2 saturated heterocycles. The fraction of sp³-hybridized carbons (Fsp3) is 0.391. The molecule has 2 fully saturated rings. The molecule has 0 atom stereocenters. The maximum Gasteiger partial charge on any atom is 0.254 e. The van der Waals surface area contributed by atoms with Crippen molar-refractivity contribution in [2.75, 3.05) is 69.2 Å². The molecule has 2 aliphatic rings. The van der Waals surface area contributed by atoms with E-state index in [0.29, 0.717) is 18.7 Å². The lowest BCUT2D eigenvalue weighted by Crippen LogP contribution is -2.49. The van der Waals surface area contributed by atoms with Crippen LogP contribution in [0.1, 0.15) is 10.4 Å². The van der Waals surface area contributed by atoms with Crippen LogP contribution in [0.5, 0.6) is 0 Å². The van der Waals surface area contributed by atoms with Crippen LogP contribution in [0, 0.1) is 0 Å². The lowest BCUT2D eigenvalue weighted by molar-refractivity contribution is 0.0746. The Morgan fingerprint density at radius 1 is 0.812 bits per heavy atom. The summed E-state index contributed by atoms with van der Waals surface area (Å²) in [5.74, 6) is 1.86. The van der Waals surface area contributed by atoms with Crippen LogP contribution in [0.3, 0.4) is 0 Å². The highest BCUT2D eigenvalue weighted by Gasteiger charge is 2.24. The first-order valence-electron chi connectivity index (χ1n) is 11.1. The van der Waals surface area contributed by atoms with E-state index in [-0.39, 0.29) is 5.91 Å². The molecular weight excluding hydrogens is 404 g/mol. The maximum absolute atomic E-state index is 13.0. The predicted octanol–water partition coefficient (Wildman–Crippen LogP) is 1.38. The Balaban J connectivity index is 1.19. The fourth-order valence-electron chi connectivity index (χ4n) is 4.22. The predicted molar refractivity (Wildman–Crippen MR) is 123 cm³/mol. The molecule has 2 aliphatic heterocycles. The van der Waals surface area contributed by atoms with Crippen molar-refractivity contribution in [3.05, 3.63) is 60.4 Å². The van der Waals surface area contributed by atoms with Crippen molar-refractivity contribution >= 4 is 17.5 Å². The van der Waals surface area contributed by atoms with Gasteiger partial charge in [0.15, 0.2) is 11.6 Å². The van der Waals surface area contributed by atoms with Gasteiger partial charge in [0, 0.05) is 70.3 Å². The number of benzene rings is 1. The molecule has 32 heavy (non-hydrogen) atoms. The Labute approximate surface area is 187 Å². The van der Waals surface area contributed by atoms with Crippen LogP contribution < -0.4 is 9.80 Å². The molecule has 9 heteroatoms. The number of hydrogen-bond donors (Lipinski definition) is 0. The summed E-state index contributed by atoms with van der Waals surface area (Å²) in [5.41, 5.74) is 1.57. The lowest BCUT2D eigenvalue weighted by atomic mass is 10.1. The van der Waals surface area contributed by atoms with Gasteiger partial charge in [-0.15, -0.1) is 10.2 Å². The third-order valence-electron chi connectivity index (χ3n) is 6.22. The Bertz CT molecular complexity index is 1040. The molecule has 9 nitrogen and oxygen atoms in total. The Kier molecular flexibility index (Phi) is 5.72. The van der Waals surface area contributed by atoms with Crippen LogP contribution >= 0.6 is 0 Å². The molecule has 1 amide bonds. The van der Waals surface area contributed by atoms with E-state index in [1.54, 1.807) is 10.9 Å². The molecular formula is C23H28N8O. The summed E-state index contributed by atoms with van der Waals surface area (Å²) in [5, 5.41) is 13.2. The van der Waals surface area contributed by atoms with Crippen LogP contribution in [0.15, 0.2) is 54.9 Å². The number of rotatable bonds is 4. The first kappa shape index (κ1) is 20.4. The molecule has 166 valence electrons. The van der Waals surface area contributed by atoms with Crippen LogP contribution in [-0.2, 0) is 0 Å². The third kappa shape index (κ3) is 4.29. The van der Waals surface area contributed by atoms with Crippen molar-refractivity contribution in [3.8, 4) is 5.69 Å². The number of carbonyl (C=O) groups is 1. The second-order valence-electron chi connectivity index (χ2n) is 8.32. The van der Waals surface area contributed by atoms with Gasteiger partial charge in [-0.3, -0.25) is 4.79 Å². The largest absolute Gasteiger partial charge is 0.353 e. The maximum atomic E-state index is 13.0. The summed E-state index contributed by atoms with van der Waals surface area (Å²) in [7, 11) is 2.15. The Morgan fingerprint density at radius 2 is 1.47 bits per heavy atom. The summed E-state index contributed by atoms with van der Waals surface area (Å²) in [6.45, 7) is 6.86. The minimum atomic E-state index is 0.0511. The normalized spacial score (nSPS) is 17.6. The fourth-order valence-corrected chi connectivity index (χ4v) is 4.22. The van der Waals surface area contributed by atoms with E-state index in [1.807, 2.05) is 47.5 Å². The zero-order chi connectivity index (χ0) is 21.9. The average Bonchev–Trinajstić information content (AvgIpc) is 3.40. The second kappa shape index (κ2) is 8.96. The van der Waals surface area contributed by atoms with Crippen LogP contribution in [0.2, 0.25) is 0 Å². The van der Waals surface area contributed by atoms with Crippen molar-refractivity contribution in [1.82, 2.24) is 29.8 Å². The van der Waals surface area contributed by atoms with E-state index >= 15 is 0 Å². The molecule has 4 heterocycles. The number of amides is 1. The van der Waals surface area contributed by atoms with E-state index in [0.717, 1.165) is 56.6 Å². The topological polar surface area (TPSA) is 73.6 Å². The number of piperazine rings is 2. The Morgan fingerprint density at radius 3 is 2.06 bits per heavy atom. The molecule has 1 aromatic carbocycles. The minimum absolute atomic E-state index is 0.0511. The highest BCUT2D eigenvalue weighted by Crippen LogP contribution is 2.19. The number of likely N-dealkylation sites (N-methyl/N-ethyl adjacent to an activating group) is 1. The average molecular weight is 433 g/mol. The summed E-state index contributed by atoms with van der Waals surface area (Å²) in [4.78, 5) is 21.8. The van der Waals surface area contributed by atoms with Gasteiger partial charge in [0.25, 0.3) is 5.91 Å². The third-order valence-corrected chi connectivity index (χ3v) is 6.22. The first-order valence-corrected chi connectivity index (χ1v) is 11.1. The summed E-state index contributed by atoms with van der Waals surface area (Å²) in [6.07, 6.45) is 3.60. The van der Waals surface area contributed by atoms with Crippen molar-refractivity contribution in [3.63, 3.8) is 0 Å². The highest BCUT2D eigenvalue weighted by molar-refractivity contribution is 5.95. The number of aromatic nitrogens is 4. The molecule has 0 N–H and O–H groups in total. The van der Waals surface area contributed by atoms with E-state index in [9.17, 15) is 4.79 Å². The van der Waals surface area contributed by atoms with Gasteiger partial charge in [-0.1, -0.05) is 6.07 Å². The van der Waals surface area contributed by atoms with Gasteiger partial charge in [0.2, 0.25) is 0 Å². The SMILES string of the molecule is CN1CCN(c2ccc(N3CCN(C(=O)c4cccc(-n5cccn5)c4)CC3)nn2)CC1. The zero-order valence-corrected chi connectivity index (χ0v) is 18.3. The van der Waals surface area contributed by atoms with Gasteiger partial charge in [-0.2, -0.15) is 5.10 Å². The number of anilines is 2. The van der Waals surface area contributed by atoms with Gasteiger partial charge in [0.05, 0.1) is 5.69 Å². The Hall–Kier alpha value is -3.46. The minimum Gasteiger partial charge on any atom is -0.353 e. The lowest BCUT2D eigenvalue weighted by Gasteiger charge is -2.36. The number of nitrogens with zero attached hydrogens (tertiary/aromatic N) is 8. The molecule has 3 aromatic rings. The molecule has 0 unspecified atom stereocenters. The van der Waals surface area contributed by atoms with Crippen LogP contribution in [0.25, 0.3) is 5.69 Å². The van der Waals surface area contributed by atoms with E-state index < -0.39 is 0 Å². The van der Waals surface area contributed by atoms with Crippen molar-refractivity contribution < 1.29 is 4.79 Å². The molecule has 2 aromatic heterocycles. The molecule has 0 spiro atoms. The van der Waals surface area contributed by atoms with Gasteiger partial charge in [-0.05, 0) is 43.4 Å². The van der Waals surface area contributed by atoms with Gasteiger partial charge < -0.3 is 19.6 Å². The van der Waals surface area contributed by atoms with Gasteiger partial charge >= 0.3 is 0 Å². The van der Waals surface area contributed by atoms with Crippen molar-refractivity contribution in [2.24, 2.45) is 0 Å². The van der Waals surface area contributed by atoms with Crippen LogP contribution in [0.4, 0.5) is 11.6 Å². The smallest absolute Gasteiger partial charge is 0.254 e.